The fourth-order valence-corrected chi connectivity index (χ4v) is 9.10. The van der Waals surface area contributed by atoms with Gasteiger partial charge in [-0.1, -0.05) is 80.6 Å². The molecule has 1 fully saturated rings. The van der Waals surface area contributed by atoms with Gasteiger partial charge in [0.1, 0.15) is 11.5 Å². The SMILES string of the molecule is CC1(C)c2cc(C(F)(F)F)ccc2-c2c1c1c(c3c2cc(Br)c2c(O)cccc23)OC(c2ccccc2)(c2ccc(N3CCOCC3)cc2)C=C1. The molecular formula is C43H33BrF3NO3. The van der Waals surface area contributed by atoms with Gasteiger partial charge in [0, 0.05) is 56.1 Å². The molecule has 2 heterocycles. The van der Waals surface area contributed by atoms with Crippen LogP contribution in [0, 0.1) is 0 Å². The summed E-state index contributed by atoms with van der Waals surface area (Å²) < 4.78 is 56.0. The summed E-state index contributed by atoms with van der Waals surface area (Å²) in [6.07, 6.45) is -0.304. The molecule has 256 valence electrons. The van der Waals surface area contributed by atoms with Crippen LogP contribution in [0.5, 0.6) is 11.5 Å². The molecule has 2 aliphatic heterocycles. The number of fused-ring (bicyclic) bond motifs is 10. The van der Waals surface area contributed by atoms with Gasteiger partial charge in [-0.05, 0) is 91.4 Å². The lowest BCUT2D eigenvalue weighted by Crippen LogP contribution is -2.37. The number of anilines is 1. The largest absolute Gasteiger partial charge is 0.507 e. The Morgan fingerprint density at radius 1 is 0.804 bits per heavy atom. The number of phenols is 1. The van der Waals surface area contributed by atoms with E-state index in [-0.39, 0.29) is 5.75 Å². The van der Waals surface area contributed by atoms with Gasteiger partial charge >= 0.3 is 6.18 Å². The molecule has 0 spiro atoms. The quantitative estimate of drug-likeness (QED) is 0.183. The van der Waals surface area contributed by atoms with E-state index in [2.05, 4.69) is 69.4 Å². The summed E-state index contributed by atoms with van der Waals surface area (Å²) in [6, 6.07) is 30.0. The fraction of sp³-hybridized carbons (Fsp3) is 0.209. The highest BCUT2D eigenvalue weighted by Gasteiger charge is 2.46. The van der Waals surface area contributed by atoms with E-state index in [1.54, 1.807) is 12.1 Å². The van der Waals surface area contributed by atoms with Gasteiger partial charge in [-0.2, -0.15) is 13.2 Å². The summed E-state index contributed by atoms with van der Waals surface area (Å²) in [4.78, 5) is 2.31. The molecule has 0 amide bonds. The van der Waals surface area contributed by atoms with Crippen molar-refractivity contribution in [3.05, 3.63) is 141 Å². The van der Waals surface area contributed by atoms with Crippen molar-refractivity contribution in [3.63, 3.8) is 0 Å². The van der Waals surface area contributed by atoms with E-state index in [4.69, 9.17) is 9.47 Å². The van der Waals surface area contributed by atoms with Crippen LogP contribution < -0.4 is 9.64 Å². The van der Waals surface area contributed by atoms with E-state index in [1.807, 2.05) is 50.2 Å². The summed E-state index contributed by atoms with van der Waals surface area (Å²) in [6.45, 7) is 7.00. The van der Waals surface area contributed by atoms with Crippen molar-refractivity contribution in [3.8, 4) is 22.6 Å². The number of hydrogen-bond donors (Lipinski definition) is 1. The van der Waals surface area contributed by atoms with Crippen LogP contribution >= 0.6 is 15.9 Å². The highest BCUT2D eigenvalue weighted by Crippen LogP contribution is 2.60. The highest BCUT2D eigenvalue weighted by molar-refractivity contribution is 9.10. The van der Waals surface area contributed by atoms with E-state index in [0.717, 1.165) is 68.3 Å². The third kappa shape index (κ3) is 4.76. The van der Waals surface area contributed by atoms with Gasteiger partial charge in [-0.3, -0.25) is 0 Å². The predicted molar refractivity (Wildman–Crippen MR) is 200 cm³/mol. The van der Waals surface area contributed by atoms with E-state index >= 15 is 0 Å². The highest BCUT2D eigenvalue weighted by atomic mass is 79.9. The topological polar surface area (TPSA) is 41.9 Å². The lowest BCUT2D eigenvalue weighted by atomic mass is 9.76. The summed E-state index contributed by atoms with van der Waals surface area (Å²) >= 11 is 3.74. The number of alkyl halides is 3. The van der Waals surface area contributed by atoms with Crippen molar-refractivity contribution >= 4 is 49.2 Å². The van der Waals surface area contributed by atoms with Crippen molar-refractivity contribution in [2.45, 2.75) is 31.0 Å². The number of rotatable bonds is 3. The molecule has 6 aromatic carbocycles. The zero-order valence-electron chi connectivity index (χ0n) is 27.9. The molecule has 1 atom stereocenters. The fourth-order valence-electron chi connectivity index (χ4n) is 8.46. The van der Waals surface area contributed by atoms with Crippen LogP contribution in [0.1, 0.15) is 47.2 Å². The van der Waals surface area contributed by atoms with Crippen molar-refractivity contribution in [1.82, 2.24) is 0 Å². The zero-order valence-corrected chi connectivity index (χ0v) is 29.5. The lowest BCUT2D eigenvalue weighted by Gasteiger charge is -2.39. The zero-order chi connectivity index (χ0) is 35.3. The van der Waals surface area contributed by atoms with Crippen LogP contribution in [-0.2, 0) is 21.9 Å². The number of aromatic hydroxyl groups is 1. The summed E-state index contributed by atoms with van der Waals surface area (Å²) in [5, 5.41) is 14.2. The van der Waals surface area contributed by atoms with E-state index < -0.39 is 22.8 Å². The number of benzene rings is 6. The first-order valence-corrected chi connectivity index (χ1v) is 17.8. The minimum atomic E-state index is -4.48. The van der Waals surface area contributed by atoms with Crippen LogP contribution in [-0.4, -0.2) is 31.4 Å². The predicted octanol–water partition coefficient (Wildman–Crippen LogP) is 11.0. The lowest BCUT2D eigenvalue weighted by molar-refractivity contribution is -0.137. The molecule has 8 heteroatoms. The van der Waals surface area contributed by atoms with Gasteiger partial charge < -0.3 is 19.5 Å². The third-order valence-corrected chi connectivity index (χ3v) is 11.5. The molecule has 0 radical (unpaired) electrons. The normalized spacial score (nSPS) is 19.1. The van der Waals surface area contributed by atoms with Gasteiger partial charge in [-0.25, -0.2) is 0 Å². The smallest absolute Gasteiger partial charge is 0.416 e. The molecule has 9 rings (SSSR count). The van der Waals surface area contributed by atoms with Crippen LogP contribution in [0.25, 0.3) is 38.7 Å². The summed E-state index contributed by atoms with van der Waals surface area (Å²) in [7, 11) is 0. The molecule has 0 bridgehead atoms. The molecule has 1 unspecified atom stereocenters. The minimum absolute atomic E-state index is 0.116. The third-order valence-electron chi connectivity index (χ3n) is 10.9. The molecule has 6 aromatic rings. The van der Waals surface area contributed by atoms with Crippen molar-refractivity contribution in [2.75, 3.05) is 31.2 Å². The first kappa shape index (κ1) is 32.1. The van der Waals surface area contributed by atoms with Gasteiger partial charge in [0.25, 0.3) is 0 Å². The Morgan fingerprint density at radius 2 is 1.53 bits per heavy atom. The van der Waals surface area contributed by atoms with Crippen LogP contribution in [0.2, 0.25) is 0 Å². The molecule has 0 aromatic heterocycles. The van der Waals surface area contributed by atoms with E-state index in [9.17, 15) is 18.3 Å². The maximum absolute atomic E-state index is 14.1. The number of ether oxygens (including phenoxy) is 2. The molecule has 1 saturated heterocycles. The molecule has 51 heavy (non-hydrogen) atoms. The molecule has 0 saturated carbocycles. The Morgan fingerprint density at radius 3 is 2.25 bits per heavy atom. The number of halogens is 4. The Hall–Kier alpha value is -4.79. The minimum Gasteiger partial charge on any atom is -0.507 e. The first-order chi connectivity index (χ1) is 24.5. The molecule has 4 nitrogen and oxygen atoms in total. The molecule has 1 aliphatic carbocycles. The maximum Gasteiger partial charge on any atom is 0.416 e. The molecule has 3 aliphatic rings. The Labute approximate surface area is 301 Å². The Balaban J connectivity index is 1.35. The van der Waals surface area contributed by atoms with Crippen LogP contribution in [0.15, 0.2) is 108 Å². The number of nitrogens with zero attached hydrogens (tertiary/aromatic N) is 1. The monoisotopic (exact) mass is 747 g/mol. The Bertz CT molecular complexity index is 2420. The second kappa shape index (κ2) is 11.4. The molecule has 1 N–H and O–H groups in total. The Kier molecular flexibility index (Phi) is 7.16. The second-order valence-electron chi connectivity index (χ2n) is 14.0. The number of morpholine rings is 1. The van der Waals surface area contributed by atoms with Gasteiger partial charge in [-0.15, -0.1) is 0 Å². The average Bonchev–Trinajstić information content (AvgIpc) is 3.38. The van der Waals surface area contributed by atoms with Gasteiger partial charge in [0.15, 0.2) is 5.60 Å². The maximum atomic E-state index is 14.1. The first-order valence-electron chi connectivity index (χ1n) is 17.0. The summed E-state index contributed by atoms with van der Waals surface area (Å²) in [5.41, 5.74) is 4.45. The number of phenolic OH excluding ortho intramolecular Hbond substituents is 1. The van der Waals surface area contributed by atoms with E-state index in [0.29, 0.717) is 34.4 Å². The van der Waals surface area contributed by atoms with Crippen LogP contribution in [0.3, 0.4) is 0 Å². The van der Waals surface area contributed by atoms with Crippen molar-refractivity contribution < 1.29 is 27.8 Å². The van der Waals surface area contributed by atoms with Gasteiger partial charge in [0.05, 0.1) is 18.8 Å². The molecular weight excluding hydrogens is 715 g/mol. The van der Waals surface area contributed by atoms with Crippen molar-refractivity contribution in [2.24, 2.45) is 0 Å². The standard InChI is InChI=1S/C43H33BrF3NO3/c1-41(2)33-23-27(43(45,46)47)13-16-29(33)36-32-24-34(44)38-30(9-6-10-35(38)49)37(32)40-31(39(36)41)17-18-42(51-40,25-7-4-3-5-8-25)26-11-14-28(15-12-26)48-19-21-50-22-20-48/h3-18,23-24,49H,19-22H2,1-2H3. The van der Waals surface area contributed by atoms with Crippen molar-refractivity contribution in [1.29, 1.82) is 0 Å². The van der Waals surface area contributed by atoms with Crippen LogP contribution in [0.4, 0.5) is 18.9 Å². The second-order valence-corrected chi connectivity index (χ2v) is 14.9. The van der Waals surface area contributed by atoms with E-state index in [1.165, 1.54) is 12.1 Å². The van der Waals surface area contributed by atoms with Gasteiger partial charge in [0.2, 0.25) is 0 Å². The number of hydrogen-bond acceptors (Lipinski definition) is 4. The summed E-state index contributed by atoms with van der Waals surface area (Å²) in [5.74, 6) is 0.734. The average molecular weight is 749 g/mol.